The average molecular weight is 459 g/mol. The number of rotatable bonds is 5. The van der Waals surface area contributed by atoms with Gasteiger partial charge in [0.05, 0.1) is 10.9 Å². The first-order valence-corrected chi connectivity index (χ1v) is 12.0. The predicted molar refractivity (Wildman–Crippen MR) is 132 cm³/mol. The maximum absolute atomic E-state index is 11.6. The van der Waals surface area contributed by atoms with Gasteiger partial charge in [-0.1, -0.05) is 19.1 Å². The molecule has 2 saturated carbocycles. The minimum absolute atomic E-state index is 0.359. The molecule has 176 valence electrons. The van der Waals surface area contributed by atoms with Crippen molar-refractivity contribution in [2.24, 2.45) is 5.41 Å². The van der Waals surface area contributed by atoms with E-state index in [1.807, 2.05) is 6.92 Å². The molecule has 2 aliphatic rings. The number of benzene rings is 1. The first-order chi connectivity index (χ1) is 16.3. The van der Waals surface area contributed by atoms with Gasteiger partial charge in [0, 0.05) is 11.6 Å². The third-order valence-corrected chi connectivity index (χ3v) is 8.04. The lowest BCUT2D eigenvalue weighted by atomic mass is 9.79. The summed E-state index contributed by atoms with van der Waals surface area (Å²) in [6.45, 7) is 2.05. The predicted octanol–water partition coefficient (Wildman–Crippen LogP) is 3.46. The molecule has 3 atom stereocenters. The highest BCUT2D eigenvalue weighted by Gasteiger charge is 2.54. The van der Waals surface area contributed by atoms with E-state index >= 15 is 0 Å². The summed E-state index contributed by atoms with van der Waals surface area (Å²) in [4.78, 5) is 13.0. The number of fused-ring (bicyclic) bond motifs is 2. The lowest BCUT2D eigenvalue weighted by Gasteiger charge is -2.36. The fourth-order valence-electron chi connectivity index (χ4n) is 5.65. The summed E-state index contributed by atoms with van der Waals surface area (Å²) in [7, 11) is 0. The molecule has 2 aliphatic carbocycles. The van der Waals surface area contributed by atoms with Gasteiger partial charge in [-0.15, -0.1) is 0 Å². The minimum Gasteiger partial charge on any atom is -0.388 e. The third kappa shape index (κ3) is 3.24. The zero-order valence-electron chi connectivity index (χ0n) is 19.3. The summed E-state index contributed by atoms with van der Waals surface area (Å²) < 4.78 is 1.65. The van der Waals surface area contributed by atoms with E-state index in [4.69, 9.17) is 11.5 Å². The molecule has 0 bridgehead atoms. The molecule has 0 radical (unpaired) electrons. The summed E-state index contributed by atoms with van der Waals surface area (Å²) in [6.07, 6.45) is 7.17. The van der Waals surface area contributed by atoms with Crippen molar-refractivity contribution in [1.29, 1.82) is 0 Å². The van der Waals surface area contributed by atoms with Gasteiger partial charge in [0.15, 0.2) is 5.72 Å². The molecular formula is C26H30N6O2. The molecule has 6 rings (SSSR count). The van der Waals surface area contributed by atoms with Gasteiger partial charge in [0.2, 0.25) is 0 Å². The number of aliphatic hydroxyl groups excluding tert-OH is 1. The Kier molecular flexibility index (Phi) is 4.63. The van der Waals surface area contributed by atoms with Crippen molar-refractivity contribution in [3.05, 3.63) is 54.0 Å². The second-order valence-electron chi connectivity index (χ2n) is 10.4. The van der Waals surface area contributed by atoms with Gasteiger partial charge in [-0.25, -0.2) is 15.0 Å². The van der Waals surface area contributed by atoms with Gasteiger partial charge in [0.1, 0.15) is 29.7 Å². The van der Waals surface area contributed by atoms with Gasteiger partial charge < -0.3 is 26.2 Å². The molecule has 0 unspecified atom stereocenters. The van der Waals surface area contributed by atoms with Crippen LogP contribution in [0.15, 0.2) is 42.9 Å². The number of nitrogens with two attached hydrogens (primary N) is 2. The highest BCUT2D eigenvalue weighted by atomic mass is 16.4. The van der Waals surface area contributed by atoms with E-state index in [9.17, 15) is 10.2 Å². The molecule has 3 aromatic heterocycles. The van der Waals surface area contributed by atoms with Crippen molar-refractivity contribution in [3.63, 3.8) is 0 Å². The molecule has 3 heterocycles. The first kappa shape index (κ1) is 21.3. The number of pyridine rings is 1. The van der Waals surface area contributed by atoms with E-state index < -0.39 is 17.2 Å². The number of hydrogen-bond donors (Lipinski definition) is 4. The van der Waals surface area contributed by atoms with Gasteiger partial charge in [0.25, 0.3) is 0 Å². The molecule has 4 aromatic rings. The molecule has 6 N–H and O–H groups in total. The molecule has 1 aromatic carbocycles. The van der Waals surface area contributed by atoms with Crippen molar-refractivity contribution in [3.8, 4) is 0 Å². The lowest BCUT2D eigenvalue weighted by molar-refractivity contribution is -0.140. The molecule has 8 nitrogen and oxygen atoms in total. The minimum atomic E-state index is -1.45. The largest absolute Gasteiger partial charge is 0.388 e. The Labute approximate surface area is 197 Å². The monoisotopic (exact) mass is 458 g/mol. The van der Waals surface area contributed by atoms with E-state index in [2.05, 4.69) is 39.2 Å². The van der Waals surface area contributed by atoms with Crippen LogP contribution >= 0.6 is 0 Å². The van der Waals surface area contributed by atoms with Crippen molar-refractivity contribution in [1.82, 2.24) is 19.5 Å². The maximum Gasteiger partial charge on any atom is 0.169 e. The number of aliphatic hydroxyl groups is 2. The molecule has 0 saturated heterocycles. The van der Waals surface area contributed by atoms with Crippen LogP contribution in [-0.4, -0.2) is 35.8 Å². The molecule has 0 spiro atoms. The summed E-state index contributed by atoms with van der Waals surface area (Å²) >= 11 is 0. The van der Waals surface area contributed by atoms with Crippen molar-refractivity contribution in [2.75, 3.05) is 11.5 Å². The number of nitrogen functional groups attached to an aromatic ring is 2. The summed E-state index contributed by atoms with van der Waals surface area (Å²) in [5, 5.41) is 24.7. The Hall–Kier alpha value is -3.23. The molecule has 8 heteroatoms. The second kappa shape index (κ2) is 7.38. The zero-order chi connectivity index (χ0) is 23.7. The van der Waals surface area contributed by atoms with Crippen molar-refractivity contribution in [2.45, 2.75) is 63.2 Å². The fourth-order valence-corrected chi connectivity index (χ4v) is 5.65. The van der Waals surface area contributed by atoms with Gasteiger partial charge in [-0.3, -0.25) is 0 Å². The normalized spacial score (nSPS) is 27.1. The first-order valence-electron chi connectivity index (χ1n) is 12.0. The number of anilines is 2. The highest BCUT2D eigenvalue weighted by Crippen LogP contribution is 2.50. The van der Waals surface area contributed by atoms with E-state index in [-0.39, 0.29) is 0 Å². The van der Waals surface area contributed by atoms with Gasteiger partial charge in [-0.2, -0.15) is 0 Å². The fraction of sp³-hybridized carbons (Fsp3) is 0.423. The molecule has 0 aliphatic heterocycles. The van der Waals surface area contributed by atoms with Crippen molar-refractivity contribution < 1.29 is 10.2 Å². The van der Waals surface area contributed by atoms with E-state index in [0.29, 0.717) is 41.4 Å². The Morgan fingerprint density at radius 3 is 2.71 bits per heavy atom. The van der Waals surface area contributed by atoms with Crippen molar-refractivity contribution >= 4 is 33.6 Å². The summed E-state index contributed by atoms with van der Waals surface area (Å²) in [5.41, 5.74) is 14.0. The average Bonchev–Trinajstić information content (AvgIpc) is 3.52. The van der Waals surface area contributed by atoms with Crippen LogP contribution in [0.25, 0.3) is 21.9 Å². The SMILES string of the molecule is C[C@]1(CCc2ccc3cc(C4CC4)c(N)nc3c2)CC[C@](O)(n2ccc3c(N)ncnc32)[C@@H]1O. The Morgan fingerprint density at radius 2 is 1.91 bits per heavy atom. The second-order valence-corrected chi connectivity index (χ2v) is 10.4. The Bertz CT molecular complexity index is 1410. The van der Waals surface area contributed by atoms with Crippen LogP contribution in [0.2, 0.25) is 0 Å². The lowest BCUT2D eigenvalue weighted by Crippen LogP contribution is -2.46. The number of aromatic nitrogens is 4. The molecular weight excluding hydrogens is 428 g/mol. The summed E-state index contributed by atoms with van der Waals surface area (Å²) in [5.74, 6) is 1.57. The van der Waals surface area contributed by atoms with E-state index in [1.165, 1.54) is 24.7 Å². The Balaban J connectivity index is 1.24. The van der Waals surface area contributed by atoms with Crippen LogP contribution in [0.4, 0.5) is 11.6 Å². The Morgan fingerprint density at radius 1 is 1.09 bits per heavy atom. The maximum atomic E-state index is 11.6. The van der Waals surface area contributed by atoms with Gasteiger partial charge in [-0.05, 0) is 79.2 Å². The number of aryl methyl sites for hydroxylation is 1. The smallest absolute Gasteiger partial charge is 0.169 e. The highest BCUT2D eigenvalue weighted by molar-refractivity contribution is 5.86. The van der Waals surface area contributed by atoms with E-state index in [1.54, 1.807) is 16.8 Å². The zero-order valence-corrected chi connectivity index (χ0v) is 19.3. The third-order valence-electron chi connectivity index (χ3n) is 8.04. The molecule has 34 heavy (non-hydrogen) atoms. The topological polar surface area (TPSA) is 136 Å². The van der Waals surface area contributed by atoms with Crippen LogP contribution < -0.4 is 11.5 Å². The quantitative estimate of drug-likeness (QED) is 0.359. The molecule has 0 amide bonds. The number of hydrogen-bond acceptors (Lipinski definition) is 7. The number of nitrogens with zero attached hydrogens (tertiary/aromatic N) is 4. The summed E-state index contributed by atoms with van der Waals surface area (Å²) in [6, 6.07) is 10.3. The van der Waals surface area contributed by atoms with Gasteiger partial charge >= 0.3 is 0 Å². The molecule has 2 fully saturated rings. The van der Waals surface area contributed by atoms with Crippen LogP contribution in [-0.2, 0) is 12.1 Å². The van der Waals surface area contributed by atoms with Crippen LogP contribution in [0, 0.1) is 5.41 Å². The van der Waals surface area contributed by atoms with E-state index in [0.717, 1.165) is 29.3 Å². The van der Waals surface area contributed by atoms with Crippen LogP contribution in [0.1, 0.15) is 56.1 Å². The standard InChI is InChI=1S/C26H30N6O2/c1-25(8-6-15-2-3-17-13-19(16-4-5-16)22(28)31-20(17)12-15)9-10-26(34,24(25)33)32-11-7-18-21(27)29-14-30-23(18)32/h2-3,7,11-14,16,24,33-34H,4-6,8-10H2,1H3,(H2,28,31)(H2,27,29,30)/t24-,25+,26-/m1/s1. The van der Waals surface area contributed by atoms with Crippen LogP contribution in [0.5, 0.6) is 0 Å². The van der Waals surface area contributed by atoms with Crippen LogP contribution in [0.3, 0.4) is 0 Å².